The van der Waals surface area contributed by atoms with Crippen molar-refractivity contribution in [3.63, 3.8) is 0 Å². The molecule has 0 aliphatic heterocycles. The number of carbonyl (C=O) groups is 1. The topological polar surface area (TPSA) is 54.0 Å². The molecule has 1 aromatic heterocycles. The van der Waals surface area contributed by atoms with Crippen LogP contribution in [-0.2, 0) is 4.79 Å². The molecule has 0 spiro atoms. The van der Waals surface area contributed by atoms with Crippen LogP contribution < -0.4 is 10.6 Å². The zero-order valence-electron chi connectivity index (χ0n) is 11.7. The molecule has 0 saturated heterocycles. The largest absolute Gasteiger partial charge is 0.326 e. The Bertz CT molecular complexity index is 397. The highest BCUT2D eigenvalue weighted by Gasteiger charge is 2.26. The van der Waals surface area contributed by atoms with Gasteiger partial charge in [0.15, 0.2) is 0 Å². The van der Waals surface area contributed by atoms with Crippen molar-refractivity contribution in [1.29, 1.82) is 0 Å². The van der Waals surface area contributed by atoms with Crippen molar-refractivity contribution >= 4 is 11.6 Å². The Kier molecular flexibility index (Phi) is 4.91. The zero-order chi connectivity index (χ0) is 13.7. The van der Waals surface area contributed by atoms with Gasteiger partial charge in [0.1, 0.15) is 0 Å². The monoisotopic (exact) mass is 261 g/mol. The van der Waals surface area contributed by atoms with Crippen molar-refractivity contribution < 1.29 is 4.79 Å². The fraction of sp³-hybridized carbons (Fsp3) is 0.600. The van der Waals surface area contributed by atoms with Gasteiger partial charge in [-0.05, 0) is 37.8 Å². The Morgan fingerprint density at radius 1 is 1.21 bits per heavy atom. The lowest BCUT2D eigenvalue weighted by atomic mass is 9.85. The predicted molar refractivity (Wildman–Crippen MR) is 76.9 cm³/mol. The minimum absolute atomic E-state index is 0.147. The molecule has 0 aromatic carbocycles. The first-order chi connectivity index (χ1) is 9.15. The van der Waals surface area contributed by atoms with Crippen molar-refractivity contribution in [2.24, 2.45) is 5.92 Å². The van der Waals surface area contributed by atoms with Crippen LogP contribution in [0.4, 0.5) is 5.69 Å². The van der Waals surface area contributed by atoms with Crippen LogP contribution in [-0.4, -0.2) is 23.0 Å². The zero-order valence-corrected chi connectivity index (χ0v) is 11.7. The molecule has 0 atom stereocenters. The van der Waals surface area contributed by atoms with Gasteiger partial charge in [0, 0.05) is 36.1 Å². The minimum atomic E-state index is 0.147. The van der Waals surface area contributed by atoms with E-state index >= 15 is 0 Å². The Labute approximate surface area is 115 Å². The third-order valence-corrected chi connectivity index (χ3v) is 3.61. The second-order valence-corrected chi connectivity index (χ2v) is 5.60. The van der Waals surface area contributed by atoms with E-state index in [1.165, 1.54) is 0 Å². The van der Waals surface area contributed by atoms with Gasteiger partial charge in [-0.2, -0.15) is 0 Å². The number of hydrogen-bond acceptors (Lipinski definition) is 3. The lowest BCUT2D eigenvalue weighted by Gasteiger charge is -2.29. The van der Waals surface area contributed by atoms with Gasteiger partial charge >= 0.3 is 0 Å². The molecule has 0 bridgehead atoms. The standard InChI is InChI=1S/C15H23N3O/c1-11(2)17-13-5-3-12(4-6-13)15(19)18-14-7-9-16-10-8-14/h7-13,17H,3-6H2,1-2H3,(H,16,18,19). The summed E-state index contributed by atoms with van der Waals surface area (Å²) in [6.07, 6.45) is 7.51. The van der Waals surface area contributed by atoms with E-state index in [-0.39, 0.29) is 11.8 Å². The SMILES string of the molecule is CC(C)NC1CCC(C(=O)Nc2ccncc2)CC1. The summed E-state index contributed by atoms with van der Waals surface area (Å²) in [6.45, 7) is 4.34. The molecule has 1 heterocycles. The summed E-state index contributed by atoms with van der Waals surface area (Å²) < 4.78 is 0. The molecule has 1 aromatic rings. The van der Waals surface area contributed by atoms with Crippen LogP contribution in [0.2, 0.25) is 0 Å². The molecule has 0 unspecified atom stereocenters. The maximum atomic E-state index is 12.1. The Balaban J connectivity index is 1.79. The number of hydrogen-bond donors (Lipinski definition) is 2. The summed E-state index contributed by atoms with van der Waals surface area (Å²) in [6, 6.07) is 4.74. The number of aromatic nitrogens is 1. The molecule has 104 valence electrons. The van der Waals surface area contributed by atoms with Crippen LogP contribution in [0.15, 0.2) is 24.5 Å². The maximum Gasteiger partial charge on any atom is 0.227 e. The molecule has 2 rings (SSSR count). The van der Waals surface area contributed by atoms with Crippen molar-refractivity contribution in [2.45, 2.75) is 51.6 Å². The van der Waals surface area contributed by atoms with Crippen LogP contribution in [0.1, 0.15) is 39.5 Å². The lowest BCUT2D eigenvalue weighted by molar-refractivity contribution is -0.120. The van der Waals surface area contributed by atoms with Gasteiger partial charge in [-0.1, -0.05) is 13.8 Å². The van der Waals surface area contributed by atoms with E-state index in [2.05, 4.69) is 29.5 Å². The highest BCUT2D eigenvalue weighted by molar-refractivity contribution is 5.92. The third kappa shape index (κ3) is 4.31. The average molecular weight is 261 g/mol. The number of amides is 1. The minimum Gasteiger partial charge on any atom is -0.326 e. The Morgan fingerprint density at radius 3 is 2.42 bits per heavy atom. The predicted octanol–water partition coefficient (Wildman–Crippen LogP) is 2.58. The number of pyridine rings is 1. The molecular formula is C15H23N3O. The first-order valence-corrected chi connectivity index (χ1v) is 7.12. The second kappa shape index (κ2) is 6.66. The summed E-state index contributed by atoms with van der Waals surface area (Å²) in [7, 11) is 0. The van der Waals surface area contributed by atoms with E-state index in [0.717, 1.165) is 31.4 Å². The van der Waals surface area contributed by atoms with Gasteiger partial charge in [0.2, 0.25) is 5.91 Å². The number of rotatable bonds is 4. The molecule has 19 heavy (non-hydrogen) atoms. The molecule has 2 N–H and O–H groups in total. The molecular weight excluding hydrogens is 238 g/mol. The smallest absolute Gasteiger partial charge is 0.227 e. The fourth-order valence-corrected chi connectivity index (χ4v) is 2.67. The third-order valence-electron chi connectivity index (χ3n) is 3.61. The van der Waals surface area contributed by atoms with E-state index < -0.39 is 0 Å². The first-order valence-electron chi connectivity index (χ1n) is 7.12. The molecule has 1 aliphatic rings. The summed E-state index contributed by atoms with van der Waals surface area (Å²) in [5.41, 5.74) is 0.836. The quantitative estimate of drug-likeness (QED) is 0.876. The number of nitrogens with zero attached hydrogens (tertiary/aromatic N) is 1. The van der Waals surface area contributed by atoms with Crippen LogP contribution in [0.3, 0.4) is 0 Å². The van der Waals surface area contributed by atoms with E-state index in [9.17, 15) is 4.79 Å². The Hall–Kier alpha value is -1.42. The van der Waals surface area contributed by atoms with Gasteiger partial charge in [0.25, 0.3) is 0 Å². The number of anilines is 1. The lowest BCUT2D eigenvalue weighted by Crippen LogP contribution is -2.39. The maximum absolute atomic E-state index is 12.1. The van der Waals surface area contributed by atoms with Crippen molar-refractivity contribution in [2.75, 3.05) is 5.32 Å². The van der Waals surface area contributed by atoms with Crippen LogP contribution in [0.5, 0.6) is 0 Å². The molecule has 1 fully saturated rings. The highest BCUT2D eigenvalue weighted by Crippen LogP contribution is 2.25. The van der Waals surface area contributed by atoms with Gasteiger partial charge in [-0.3, -0.25) is 9.78 Å². The molecule has 1 aliphatic carbocycles. The van der Waals surface area contributed by atoms with Crippen molar-refractivity contribution in [1.82, 2.24) is 10.3 Å². The number of nitrogens with one attached hydrogen (secondary N) is 2. The van der Waals surface area contributed by atoms with E-state index in [0.29, 0.717) is 12.1 Å². The molecule has 0 radical (unpaired) electrons. The second-order valence-electron chi connectivity index (χ2n) is 5.60. The van der Waals surface area contributed by atoms with Gasteiger partial charge in [-0.15, -0.1) is 0 Å². The number of carbonyl (C=O) groups excluding carboxylic acids is 1. The summed E-state index contributed by atoms with van der Waals surface area (Å²) in [4.78, 5) is 16.1. The summed E-state index contributed by atoms with van der Waals surface area (Å²) in [5.74, 6) is 0.299. The molecule has 4 heteroatoms. The molecule has 1 amide bonds. The van der Waals surface area contributed by atoms with Crippen LogP contribution >= 0.6 is 0 Å². The van der Waals surface area contributed by atoms with Gasteiger partial charge < -0.3 is 10.6 Å². The van der Waals surface area contributed by atoms with E-state index in [1.807, 2.05) is 12.1 Å². The van der Waals surface area contributed by atoms with E-state index in [1.54, 1.807) is 12.4 Å². The summed E-state index contributed by atoms with van der Waals surface area (Å²) >= 11 is 0. The highest BCUT2D eigenvalue weighted by atomic mass is 16.1. The first kappa shape index (κ1) is 14.0. The van der Waals surface area contributed by atoms with Crippen molar-refractivity contribution in [3.8, 4) is 0 Å². The van der Waals surface area contributed by atoms with Crippen molar-refractivity contribution in [3.05, 3.63) is 24.5 Å². The molecule has 1 saturated carbocycles. The fourth-order valence-electron chi connectivity index (χ4n) is 2.67. The van der Waals surface area contributed by atoms with Gasteiger partial charge in [-0.25, -0.2) is 0 Å². The Morgan fingerprint density at radius 2 is 1.84 bits per heavy atom. The van der Waals surface area contributed by atoms with Crippen LogP contribution in [0.25, 0.3) is 0 Å². The van der Waals surface area contributed by atoms with Gasteiger partial charge in [0.05, 0.1) is 0 Å². The summed E-state index contributed by atoms with van der Waals surface area (Å²) in [5, 5.41) is 6.52. The average Bonchev–Trinajstić information content (AvgIpc) is 2.40. The van der Waals surface area contributed by atoms with Crippen LogP contribution in [0, 0.1) is 5.92 Å². The molecule has 4 nitrogen and oxygen atoms in total. The van der Waals surface area contributed by atoms with E-state index in [4.69, 9.17) is 0 Å². The normalized spacial score (nSPS) is 23.3.